The van der Waals surface area contributed by atoms with Gasteiger partial charge in [-0.1, -0.05) is 12.1 Å². The molecule has 0 aliphatic carbocycles. The summed E-state index contributed by atoms with van der Waals surface area (Å²) in [6.45, 7) is 0. The van der Waals surface area contributed by atoms with E-state index in [2.05, 4.69) is 4.98 Å². The van der Waals surface area contributed by atoms with E-state index >= 15 is 0 Å². The molecule has 78 valence electrons. The zero-order chi connectivity index (χ0) is 10.7. The van der Waals surface area contributed by atoms with E-state index in [0.717, 1.165) is 17.2 Å². The molecule has 0 amide bonds. The second kappa shape index (κ2) is 4.31. The van der Waals surface area contributed by atoms with Crippen molar-refractivity contribution in [3.05, 3.63) is 40.2 Å². The Morgan fingerprint density at radius 3 is 2.60 bits per heavy atom. The fraction of sp³-hybridized carbons (Fsp3) is 0.182. The van der Waals surface area contributed by atoms with Crippen molar-refractivity contribution in [2.45, 2.75) is 6.42 Å². The molecule has 3 nitrogen and oxygen atoms in total. The number of aromatic nitrogens is 1. The maximum atomic E-state index is 5.56. The summed E-state index contributed by atoms with van der Waals surface area (Å²) in [6.07, 6.45) is 0.825. The molecule has 0 aliphatic heterocycles. The average molecular weight is 220 g/mol. The smallest absolute Gasteiger partial charge is 0.134 e. The lowest BCUT2D eigenvalue weighted by molar-refractivity contribution is 0.414. The van der Waals surface area contributed by atoms with Crippen LogP contribution in [0.5, 0.6) is 5.75 Å². The standard InChI is InChI=1S/C11H12N2OS/c1-14-9-4-2-8(3-5-9)6-11-13-10(12)7-15-11/h2-5,7H,6,12H2,1H3. The predicted octanol–water partition coefficient (Wildman–Crippen LogP) is 2.32. The van der Waals surface area contributed by atoms with Crippen LogP contribution >= 0.6 is 11.3 Å². The molecule has 1 heterocycles. The minimum Gasteiger partial charge on any atom is -0.497 e. The molecule has 0 unspecified atom stereocenters. The van der Waals surface area contributed by atoms with Gasteiger partial charge in [-0.15, -0.1) is 11.3 Å². The summed E-state index contributed by atoms with van der Waals surface area (Å²) in [4.78, 5) is 4.21. The van der Waals surface area contributed by atoms with Gasteiger partial charge in [0.2, 0.25) is 0 Å². The van der Waals surface area contributed by atoms with Crippen LogP contribution in [0, 0.1) is 0 Å². The van der Waals surface area contributed by atoms with Gasteiger partial charge in [-0.25, -0.2) is 4.98 Å². The summed E-state index contributed by atoms with van der Waals surface area (Å²) >= 11 is 1.59. The number of rotatable bonds is 3. The SMILES string of the molecule is COc1ccc(Cc2nc(N)cs2)cc1. The van der Waals surface area contributed by atoms with Crippen molar-refractivity contribution < 1.29 is 4.74 Å². The number of nitrogens with zero attached hydrogens (tertiary/aromatic N) is 1. The van der Waals surface area contributed by atoms with E-state index in [9.17, 15) is 0 Å². The Balaban J connectivity index is 2.11. The third kappa shape index (κ3) is 2.47. The van der Waals surface area contributed by atoms with Crippen LogP contribution in [0.25, 0.3) is 0 Å². The normalized spacial score (nSPS) is 10.2. The molecule has 2 aromatic rings. The Morgan fingerprint density at radius 1 is 1.33 bits per heavy atom. The monoisotopic (exact) mass is 220 g/mol. The van der Waals surface area contributed by atoms with E-state index in [1.807, 2.05) is 29.6 Å². The molecule has 15 heavy (non-hydrogen) atoms. The number of benzene rings is 1. The van der Waals surface area contributed by atoms with Gasteiger partial charge in [0.1, 0.15) is 11.6 Å². The van der Waals surface area contributed by atoms with Gasteiger partial charge in [-0.3, -0.25) is 0 Å². The highest BCUT2D eigenvalue weighted by molar-refractivity contribution is 7.10. The Hall–Kier alpha value is -1.55. The molecular formula is C11H12N2OS. The average Bonchev–Trinajstić information content (AvgIpc) is 2.65. The Bertz CT molecular complexity index is 436. The number of ether oxygens (including phenoxy) is 1. The maximum Gasteiger partial charge on any atom is 0.134 e. The highest BCUT2D eigenvalue weighted by Gasteiger charge is 2.01. The first kappa shape index (κ1) is 9.98. The van der Waals surface area contributed by atoms with Crippen molar-refractivity contribution in [1.29, 1.82) is 0 Å². The molecule has 4 heteroatoms. The third-order valence-corrected chi connectivity index (χ3v) is 2.95. The number of hydrogen-bond donors (Lipinski definition) is 1. The quantitative estimate of drug-likeness (QED) is 0.863. The van der Waals surface area contributed by atoms with Gasteiger partial charge in [0, 0.05) is 11.8 Å². The molecule has 0 atom stereocenters. The van der Waals surface area contributed by atoms with Gasteiger partial charge >= 0.3 is 0 Å². The van der Waals surface area contributed by atoms with E-state index in [0.29, 0.717) is 5.82 Å². The van der Waals surface area contributed by atoms with Crippen LogP contribution in [0.4, 0.5) is 5.82 Å². The predicted molar refractivity (Wildman–Crippen MR) is 62.3 cm³/mol. The van der Waals surface area contributed by atoms with E-state index in [1.165, 1.54) is 5.56 Å². The van der Waals surface area contributed by atoms with Crippen molar-refractivity contribution in [2.24, 2.45) is 0 Å². The van der Waals surface area contributed by atoms with E-state index in [-0.39, 0.29) is 0 Å². The van der Waals surface area contributed by atoms with Crippen LogP contribution in [-0.2, 0) is 6.42 Å². The first-order valence-electron chi connectivity index (χ1n) is 4.61. The summed E-state index contributed by atoms with van der Waals surface area (Å²) in [5.41, 5.74) is 6.77. The molecule has 0 bridgehead atoms. The van der Waals surface area contributed by atoms with Gasteiger partial charge < -0.3 is 10.5 Å². The lowest BCUT2D eigenvalue weighted by Crippen LogP contribution is -1.89. The third-order valence-electron chi connectivity index (χ3n) is 2.08. The van der Waals surface area contributed by atoms with Gasteiger partial charge in [0.05, 0.1) is 12.1 Å². The topological polar surface area (TPSA) is 48.1 Å². The number of methoxy groups -OCH3 is 1. The highest BCUT2D eigenvalue weighted by Crippen LogP contribution is 2.18. The molecule has 2 rings (SSSR count). The number of nitrogen functional groups attached to an aromatic ring is 1. The fourth-order valence-corrected chi connectivity index (χ4v) is 2.04. The first-order chi connectivity index (χ1) is 7.28. The van der Waals surface area contributed by atoms with Gasteiger partial charge in [-0.2, -0.15) is 0 Å². The number of hydrogen-bond acceptors (Lipinski definition) is 4. The van der Waals surface area contributed by atoms with E-state index < -0.39 is 0 Å². The molecule has 0 saturated carbocycles. The molecule has 0 spiro atoms. The number of nitrogens with two attached hydrogens (primary N) is 1. The van der Waals surface area contributed by atoms with Crippen molar-refractivity contribution in [3.63, 3.8) is 0 Å². The van der Waals surface area contributed by atoms with Crippen molar-refractivity contribution in [2.75, 3.05) is 12.8 Å². The lowest BCUT2D eigenvalue weighted by atomic mass is 10.1. The molecule has 0 aliphatic rings. The summed E-state index contributed by atoms with van der Waals surface area (Å²) < 4.78 is 5.09. The van der Waals surface area contributed by atoms with E-state index in [1.54, 1.807) is 18.4 Å². The largest absolute Gasteiger partial charge is 0.497 e. The Kier molecular flexibility index (Phi) is 2.87. The molecule has 0 fully saturated rings. The number of thiazole rings is 1. The molecule has 1 aromatic heterocycles. The second-order valence-corrected chi connectivity index (χ2v) is 4.13. The highest BCUT2D eigenvalue weighted by atomic mass is 32.1. The summed E-state index contributed by atoms with van der Waals surface area (Å²) in [6, 6.07) is 7.98. The maximum absolute atomic E-state index is 5.56. The van der Waals surface area contributed by atoms with Crippen LogP contribution in [0.2, 0.25) is 0 Å². The van der Waals surface area contributed by atoms with Crippen LogP contribution < -0.4 is 10.5 Å². The minimum atomic E-state index is 0.600. The van der Waals surface area contributed by atoms with Gasteiger partial charge in [0.15, 0.2) is 0 Å². The van der Waals surface area contributed by atoms with Crippen LogP contribution in [-0.4, -0.2) is 12.1 Å². The molecule has 0 radical (unpaired) electrons. The molecule has 0 saturated heterocycles. The molecular weight excluding hydrogens is 208 g/mol. The minimum absolute atomic E-state index is 0.600. The zero-order valence-corrected chi connectivity index (χ0v) is 9.25. The van der Waals surface area contributed by atoms with Crippen molar-refractivity contribution >= 4 is 17.2 Å². The van der Waals surface area contributed by atoms with Crippen LogP contribution in [0.15, 0.2) is 29.6 Å². The Labute approximate surface area is 92.5 Å². The van der Waals surface area contributed by atoms with Crippen molar-refractivity contribution in [3.8, 4) is 5.75 Å². The van der Waals surface area contributed by atoms with Crippen LogP contribution in [0.3, 0.4) is 0 Å². The summed E-state index contributed by atoms with van der Waals surface area (Å²) in [5, 5.41) is 2.90. The second-order valence-electron chi connectivity index (χ2n) is 3.19. The Morgan fingerprint density at radius 2 is 2.07 bits per heavy atom. The van der Waals surface area contributed by atoms with E-state index in [4.69, 9.17) is 10.5 Å². The molecule has 2 N–H and O–H groups in total. The lowest BCUT2D eigenvalue weighted by Gasteiger charge is -2.01. The zero-order valence-electron chi connectivity index (χ0n) is 8.43. The summed E-state index contributed by atoms with van der Waals surface area (Å²) in [5.74, 6) is 1.47. The van der Waals surface area contributed by atoms with Gasteiger partial charge in [0.25, 0.3) is 0 Å². The number of anilines is 1. The summed E-state index contributed by atoms with van der Waals surface area (Å²) in [7, 11) is 1.66. The van der Waals surface area contributed by atoms with Gasteiger partial charge in [-0.05, 0) is 17.7 Å². The fourth-order valence-electron chi connectivity index (χ4n) is 1.32. The van der Waals surface area contributed by atoms with Crippen molar-refractivity contribution in [1.82, 2.24) is 4.98 Å². The first-order valence-corrected chi connectivity index (χ1v) is 5.48. The van der Waals surface area contributed by atoms with Crippen LogP contribution in [0.1, 0.15) is 10.6 Å². The molecule has 1 aromatic carbocycles.